The van der Waals surface area contributed by atoms with Crippen LogP contribution in [-0.2, 0) is 35.7 Å². The molecule has 1 N–H and O–H groups in total. The molecule has 0 aliphatic carbocycles. The number of carbonyl (C=O) groups excluding carboxylic acids is 2. The average Bonchev–Trinajstić information content (AvgIpc) is 2.76. The highest BCUT2D eigenvalue weighted by Gasteiger charge is 2.00. The normalized spacial score (nSPS) is 8.93. The summed E-state index contributed by atoms with van der Waals surface area (Å²) >= 11 is 3.36. The zero-order valence-corrected chi connectivity index (χ0v) is 19.5. The van der Waals surface area contributed by atoms with E-state index in [1.807, 2.05) is 48.5 Å². The summed E-state index contributed by atoms with van der Waals surface area (Å²) in [5.74, 6) is -0.883. The Labute approximate surface area is 188 Å². The summed E-state index contributed by atoms with van der Waals surface area (Å²) in [5.41, 5.74) is 2.38. The van der Waals surface area contributed by atoms with Crippen molar-refractivity contribution in [1.82, 2.24) is 0 Å². The van der Waals surface area contributed by atoms with E-state index in [1.165, 1.54) is 5.56 Å². The Bertz CT molecular complexity index is 649. The van der Waals surface area contributed by atoms with Crippen LogP contribution in [0.2, 0.25) is 0 Å². The van der Waals surface area contributed by atoms with E-state index in [4.69, 9.17) is 14.6 Å². The summed E-state index contributed by atoms with van der Waals surface area (Å²) in [5, 5.41) is 8.94. The molecule has 0 fully saturated rings. The lowest BCUT2D eigenvalue weighted by atomic mass is 10.2. The Hall–Kier alpha value is -2.22. The zero-order valence-electron chi connectivity index (χ0n) is 17.9. The van der Waals surface area contributed by atoms with Crippen molar-refractivity contribution in [3.63, 3.8) is 0 Å². The van der Waals surface area contributed by atoms with Crippen molar-refractivity contribution in [3.8, 4) is 0 Å². The van der Waals surface area contributed by atoms with Crippen LogP contribution < -0.4 is 0 Å². The molecule has 30 heavy (non-hydrogen) atoms. The zero-order chi connectivity index (χ0) is 21.7. The number of hydrogen-bond donors (Lipinski definition) is 1. The molecule has 0 bridgehead atoms. The fraction of sp³-hybridized carbons (Fsp3) is 0.348. The van der Waals surface area contributed by atoms with Crippen LogP contribution in [0.4, 0.5) is 0 Å². The first-order chi connectivity index (χ1) is 14.1. The van der Waals surface area contributed by atoms with Gasteiger partial charge in [0, 0.05) is 5.33 Å². The molecule has 0 amide bonds. The van der Waals surface area contributed by atoms with Crippen LogP contribution in [0.3, 0.4) is 0 Å². The molecule has 168 valence electrons. The largest absolute Gasteiger partial charge is 0.464 e. The molecule has 0 heterocycles. The number of aliphatic hydroxyl groups is 1. The van der Waals surface area contributed by atoms with Gasteiger partial charge in [0.1, 0.15) is 13.2 Å². The number of ether oxygens (including phenoxy) is 3. The molecule has 0 saturated heterocycles. The predicted molar refractivity (Wildman–Crippen MR) is 122 cm³/mol. The summed E-state index contributed by atoms with van der Waals surface area (Å²) in [6.07, 6.45) is 0. The smallest absolute Gasteiger partial charge is 0.332 e. The molecule has 2 aromatic carbocycles. The molecule has 0 atom stereocenters. The lowest BCUT2D eigenvalue weighted by molar-refractivity contribution is -0.149. The van der Waals surface area contributed by atoms with Gasteiger partial charge in [0.2, 0.25) is 0 Å². The first-order valence-corrected chi connectivity index (χ1v) is 10.3. The van der Waals surface area contributed by atoms with E-state index in [-0.39, 0.29) is 20.0 Å². The lowest BCUT2D eigenvalue weighted by Crippen LogP contribution is -2.12. The minimum atomic E-state index is -0.567. The minimum Gasteiger partial charge on any atom is -0.464 e. The Kier molecular flexibility index (Phi) is 21.5. The van der Waals surface area contributed by atoms with Crippen molar-refractivity contribution in [2.24, 2.45) is 0 Å². The number of rotatable bonds is 8. The molecule has 2 aromatic rings. The second kappa shape index (κ2) is 21.5. The maximum absolute atomic E-state index is 10.9. The molecule has 0 aromatic heterocycles. The molecule has 0 aliphatic rings. The van der Waals surface area contributed by atoms with Gasteiger partial charge in [-0.15, -0.1) is 0 Å². The van der Waals surface area contributed by atoms with E-state index in [9.17, 15) is 9.59 Å². The number of carbonyl (C=O) groups is 2. The predicted octanol–water partition coefficient (Wildman–Crippen LogP) is 4.34. The second-order valence-corrected chi connectivity index (χ2v) is 5.93. The van der Waals surface area contributed by atoms with E-state index in [0.29, 0.717) is 19.8 Å². The highest BCUT2D eigenvalue weighted by atomic mass is 79.9. The number of aliphatic hydroxyl groups excluding tert-OH is 1. The Balaban J connectivity index is 0. The van der Waals surface area contributed by atoms with Crippen LogP contribution in [0, 0.1) is 7.43 Å². The van der Waals surface area contributed by atoms with Gasteiger partial charge < -0.3 is 26.7 Å². The van der Waals surface area contributed by atoms with E-state index in [1.54, 1.807) is 13.8 Å². The summed E-state index contributed by atoms with van der Waals surface area (Å²) in [6, 6.07) is 20.0. The van der Waals surface area contributed by atoms with E-state index in [0.717, 1.165) is 10.9 Å². The van der Waals surface area contributed by atoms with Crippen molar-refractivity contribution in [2.75, 3.05) is 26.4 Å². The third-order valence-electron chi connectivity index (χ3n) is 3.07. The standard InChI is InChI=1S/C11H14O3.C7H7Br.C4H8O3.CH3/c1-2-14-11(12)9-13-8-10-6-4-3-5-7-10;8-6-7-4-2-1-3-5-7;1-2-7-4(6)3-5;/h3-7H,2,8-9H2,1H3;1-5H,6H2;5H,2-3H2,1H3;1H3/q;;;-1. The van der Waals surface area contributed by atoms with E-state index >= 15 is 0 Å². The third kappa shape index (κ3) is 17.8. The Morgan fingerprint density at radius 3 is 1.67 bits per heavy atom. The van der Waals surface area contributed by atoms with Gasteiger partial charge in [-0.3, -0.25) is 0 Å². The lowest BCUT2D eigenvalue weighted by Gasteiger charge is -2.03. The van der Waals surface area contributed by atoms with Crippen molar-refractivity contribution >= 4 is 27.9 Å². The van der Waals surface area contributed by atoms with Gasteiger partial charge in [0.25, 0.3) is 0 Å². The van der Waals surface area contributed by atoms with E-state index in [2.05, 4.69) is 32.8 Å². The van der Waals surface area contributed by atoms with Crippen molar-refractivity contribution in [2.45, 2.75) is 25.8 Å². The topological polar surface area (TPSA) is 82.1 Å². The first kappa shape index (κ1) is 30.0. The Morgan fingerprint density at radius 2 is 1.30 bits per heavy atom. The first-order valence-electron chi connectivity index (χ1n) is 9.20. The fourth-order valence-electron chi connectivity index (χ4n) is 1.80. The number of benzene rings is 2. The van der Waals surface area contributed by atoms with Crippen molar-refractivity contribution in [3.05, 3.63) is 79.2 Å². The highest BCUT2D eigenvalue weighted by Crippen LogP contribution is 2.02. The number of alkyl halides is 1. The van der Waals surface area contributed by atoms with Gasteiger partial charge in [0.15, 0.2) is 0 Å². The van der Waals surface area contributed by atoms with Crippen LogP contribution in [0.25, 0.3) is 0 Å². The Morgan fingerprint density at radius 1 is 0.833 bits per heavy atom. The van der Waals surface area contributed by atoms with Crippen LogP contribution in [0.1, 0.15) is 25.0 Å². The quantitative estimate of drug-likeness (QED) is 0.341. The van der Waals surface area contributed by atoms with Gasteiger partial charge in [-0.25, -0.2) is 9.59 Å². The summed E-state index contributed by atoms with van der Waals surface area (Å²) in [7, 11) is 0. The SMILES string of the molecule is BrCc1ccccc1.CCOC(=O)CO.CCOC(=O)COCc1ccccc1.[CH3-]. The van der Waals surface area contributed by atoms with Crippen LogP contribution in [0.15, 0.2) is 60.7 Å². The average molecular weight is 484 g/mol. The van der Waals surface area contributed by atoms with Gasteiger partial charge in [-0.1, -0.05) is 76.6 Å². The van der Waals surface area contributed by atoms with Crippen LogP contribution in [-0.4, -0.2) is 43.5 Å². The maximum atomic E-state index is 10.9. The summed E-state index contributed by atoms with van der Waals surface area (Å²) in [6.45, 7) is 4.13. The van der Waals surface area contributed by atoms with Crippen LogP contribution >= 0.6 is 15.9 Å². The highest BCUT2D eigenvalue weighted by molar-refractivity contribution is 9.08. The van der Waals surface area contributed by atoms with Crippen molar-refractivity contribution < 1.29 is 28.9 Å². The van der Waals surface area contributed by atoms with Crippen molar-refractivity contribution in [1.29, 1.82) is 0 Å². The fourth-order valence-corrected chi connectivity index (χ4v) is 2.18. The third-order valence-corrected chi connectivity index (χ3v) is 3.72. The number of esters is 2. The number of halogens is 1. The molecule has 6 nitrogen and oxygen atoms in total. The molecule has 0 radical (unpaired) electrons. The van der Waals surface area contributed by atoms with E-state index < -0.39 is 12.6 Å². The molecular formula is C23H32BrO6-. The molecule has 0 aliphatic heterocycles. The monoisotopic (exact) mass is 483 g/mol. The van der Waals surface area contributed by atoms with Gasteiger partial charge >= 0.3 is 11.9 Å². The molecule has 7 heteroatoms. The van der Waals surface area contributed by atoms with Gasteiger partial charge in [0.05, 0.1) is 19.8 Å². The van der Waals surface area contributed by atoms with Crippen LogP contribution in [0.5, 0.6) is 0 Å². The van der Waals surface area contributed by atoms with Gasteiger partial charge in [-0.2, -0.15) is 0 Å². The minimum absolute atomic E-state index is 0. The van der Waals surface area contributed by atoms with Gasteiger partial charge in [-0.05, 0) is 25.0 Å². The summed E-state index contributed by atoms with van der Waals surface area (Å²) < 4.78 is 14.2. The maximum Gasteiger partial charge on any atom is 0.332 e. The second-order valence-electron chi connectivity index (χ2n) is 5.37. The molecule has 0 unspecified atom stereocenters. The summed E-state index contributed by atoms with van der Waals surface area (Å²) in [4.78, 5) is 20.8. The molecule has 0 spiro atoms. The molecule has 2 rings (SSSR count). The number of hydrogen-bond acceptors (Lipinski definition) is 6. The molecule has 0 saturated carbocycles. The molecular weight excluding hydrogens is 452 g/mol.